The number of aliphatic hydroxyl groups excluding tert-OH is 1. The van der Waals surface area contributed by atoms with Gasteiger partial charge in [-0.15, -0.1) is 0 Å². The van der Waals surface area contributed by atoms with Crippen LogP contribution in [0.15, 0.2) is 0 Å². The molecule has 0 aromatic carbocycles. The lowest BCUT2D eigenvalue weighted by molar-refractivity contribution is -0.118. The summed E-state index contributed by atoms with van der Waals surface area (Å²) in [5.74, 6) is -0.0303. The molecule has 0 fully saturated rings. The summed E-state index contributed by atoms with van der Waals surface area (Å²) < 4.78 is 4.97. The number of aliphatic hydroxyl groups is 1. The van der Waals surface area contributed by atoms with Crippen LogP contribution in [-0.2, 0) is 9.53 Å². The van der Waals surface area contributed by atoms with Gasteiger partial charge in [-0.2, -0.15) is 0 Å². The molecular weight excluding hydrogens is 184 g/mol. The molecular formula is C9H20N2O3. The zero-order chi connectivity index (χ0) is 10.8. The van der Waals surface area contributed by atoms with Gasteiger partial charge in [0.1, 0.15) is 0 Å². The van der Waals surface area contributed by atoms with Crippen molar-refractivity contribution in [3.05, 3.63) is 0 Å². The van der Waals surface area contributed by atoms with Gasteiger partial charge in [0.05, 0.1) is 6.61 Å². The van der Waals surface area contributed by atoms with Crippen LogP contribution in [0.2, 0.25) is 0 Å². The maximum Gasteiger partial charge on any atom is 0.216 e. The van der Waals surface area contributed by atoms with Crippen LogP contribution in [0, 0.1) is 0 Å². The molecule has 0 aromatic heterocycles. The summed E-state index contributed by atoms with van der Waals surface area (Å²) in [6.07, 6.45) is 0.661. The Kier molecular flexibility index (Phi) is 8.51. The third kappa shape index (κ3) is 7.97. The fourth-order valence-electron chi connectivity index (χ4n) is 1.12. The molecule has 0 aliphatic heterocycles. The van der Waals surface area contributed by atoms with Crippen molar-refractivity contribution in [2.24, 2.45) is 0 Å². The average molecular weight is 204 g/mol. The van der Waals surface area contributed by atoms with E-state index in [9.17, 15) is 4.79 Å². The van der Waals surface area contributed by atoms with Crippen molar-refractivity contribution < 1.29 is 14.6 Å². The second-order valence-electron chi connectivity index (χ2n) is 3.10. The summed E-state index contributed by atoms with van der Waals surface area (Å²) in [4.78, 5) is 10.5. The van der Waals surface area contributed by atoms with Crippen LogP contribution in [0.25, 0.3) is 0 Å². The van der Waals surface area contributed by atoms with Crippen LogP contribution in [0.1, 0.15) is 13.3 Å². The fraction of sp³-hybridized carbons (Fsp3) is 0.889. The molecule has 0 saturated carbocycles. The SMILES string of the molecule is COCC(CCO)NCCNC(C)=O. The Balaban J connectivity index is 3.44. The molecule has 0 bridgehead atoms. The van der Waals surface area contributed by atoms with Crippen molar-refractivity contribution in [2.75, 3.05) is 33.4 Å². The van der Waals surface area contributed by atoms with E-state index in [2.05, 4.69) is 10.6 Å². The fourth-order valence-corrected chi connectivity index (χ4v) is 1.12. The molecule has 0 aliphatic rings. The minimum absolute atomic E-state index is 0.0303. The zero-order valence-electron chi connectivity index (χ0n) is 8.88. The zero-order valence-corrected chi connectivity index (χ0v) is 8.88. The van der Waals surface area contributed by atoms with E-state index in [0.717, 1.165) is 0 Å². The predicted octanol–water partition coefficient (Wildman–Crippen LogP) is -0.890. The van der Waals surface area contributed by atoms with Gasteiger partial charge in [0.25, 0.3) is 0 Å². The van der Waals surface area contributed by atoms with Crippen LogP contribution in [0.5, 0.6) is 0 Å². The molecule has 0 aliphatic carbocycles. The van der Waals surface area contributed by atoms with Crippen LogP contribution < -0.4 is 10.6 Å². The van der Waals surface area contributed by atoms with E-state index >= 15 is 0 Å². The van der Waals surface area contributed by atoms with Crippen molar-refractivity contribution in [1.29, 1.82) is 0 Å². The molecule has 0 saturated heterocycles. The molecule has 14 heavy (non-hydrogen) atoms. The standard InChI is InChI=1S/C9H20N2O3/c1-8(13)10-4-5-11-9(3-6-12)7-14-2/h9,11-12H,3-7H2,1-2H3,(H,10,13). The van der Waals surface area contributed by atoms with Gasteiger partial charge in [-0.3, -0.25) is 4.79 Å². The number of ether oxygens (including phenoxy) is 1. The topological polar surface area (TPSA) is 70.6 Å². The first-order valence-electron chi connectivity index (χ1n) is 4.78. The average Bonchev–Trinajstić information content (AvgIpc) is 2.12. The Morgan fingerprint density at radius 2 is 2.21 bits per heavy atom. The van der Waals surface area contributed by atoms with Crippen molar-refractivity contribution in [2.45, 2.75) is 19.4 Å². The lowest BCUT2D eigenvalue weighted by Crippen LogP contribution is -2.39. The largest absolute Gasteiger partial charge is 0.396 e. The van der Waals surface area contributed by atoms with Crippen molar-refractivity contribution in [3.8, 4) is 0 Å². The summed E-state index contributed by atoms with van der Waals surface area (Å²) in [6.45, 7) is 3.48. The van der Waals surface area contributed by atoms with Crippen LogP contribution >= 0.6 is 0 Å². The third-order valence-electron chi connectivity index (χ3n) is 1.78. The number of hydrogen-bond acceptors (Lipinski definition) is 4. The first-order chi connectivity index (χ1) is 6.70. The summed E-state index contributed by atoms with van der Waals surface area (Å²) in [5, 5.41) is 14.6. The Bertz CT molecular complexity index is 147. The highest BCUT2D eigenvalue weighted by molar-refractivity contribution is 5.72. The summed E-state index contributed by atoms with van der Waals surface area (Å²) in [7, 11) is 1.62. The third-order valence-corrected chi connectivity index (χ3v) is 1.78. The van der Waals surface area contributed by atoms with Gasteiger partial charge in [0, 0.05) is 39.8 Å². The lowest BCUT2D eigenvalue weighted by Gasteiger charge is -2.16. The maximum atomic E-state index is 10.5. The molecule has 3 N–H and O–H groups in total. The number of carbonyl (C=O) groups excluding carboxylic acids is 1. The number of carbonyl (C=O) groups is 1. The second-order valence-corrected chi connectivity index (χ2v) is 3.10. The van der Waals surface area contributed by atoms with Crippen molar-refractivity contribution >= 4 is 5.91 Å². The molecule has 5 heteroatoms. The molecule has 84 valence electrons. The number of amides is 1. The molecule has 0 aromatic rings. The molecule has 1 amide bonds. The quantitative estimate of drug-likeness (QED) is 0.449. The first-order valence-corrected chi connectivity index (χ1v) is 4.78. The number of rotatable bonds is 8. The number of hydrogen-bond donors (Lipinski definition) is 3. The predicted molar refractivity (Wildman–Crippen MR) is 54.1 cm³/mol. The van der Waals surface area contributed by atoms with Gasteiger partial charge in [-0.1, -0.05) is 0 Å². The first kappa shape index (κ1) is 13.4. The Labute approximate surface area is 84.8 Å². The van der Waals surface area contributed by atoms with Crippen LogP contribution in [-0.4, -0.2) is 50.5 Å². The molecule has 0 spiro atoms. The summed E-state index contributed by atoms with van der Waals surface area (Å²) in [6, 6.07) is 0.152. The van der Waals surface area contributed by atoms with Crippen molar-refractivity contribution in [1.82, 2.24) is 10.6 Å². The summed E-state index contributed by atoms with van der Waals surface area (Å²) >= 11 is 0. The number of nitrogens with one attached hydrogen (secondary N) is 2. The van der Waals surface area contributed by atoms with E-state index in [1.54, 1.807) is 7.11 Å². The van der Waals surface area contributed by atoms with E-state index in [1.165, 1.54) is 6.92 Å². The van der Waals surface area contributed by atoms with E-state index < -0.39 is 0 Å². The van der Waals surface area contributed by atoms with Crippen LogP contribution in [0.4, 0.5) is 0 Å². The van der Waals surface area contributed by atoms with E-state index in [4.69, 9.17) is 9.84 Å². The molecule has 5 nitrogen and oxygen atoms in total. The molecule has 1 unspecified atom stereocenters. The van der Waals surface area contributed by atoms with E-state index in [0.29, 0.717) is 26.1 Å². The van der Waals surface area contributed by atoms with Gasteiger partial charge in [0.2, 0.25) is 5.91 Å². The highest BCUT2D eigenvalue weighted by Crippen LogP contribution is 1.90. The van der Waals surface area contributed by atoms with Crippen LogP contribution in [0.3, 0.4) is 0 Å². The normalized spacial score (nSPS) is 12.5. The molecule has 0 radical (unpaired) electrons. The van der Waals surface area contributed by atoms with Gasteiger partial charge in [-0.25, -0.2) is 0 Å². The van der Waals surface area contributed by atoms with Gasteiger partial charge in [-0.05, 0) is 6.42 Å². The maximum absolute atomic E-state index is 10.5. The molecule has 0 rings (SSSR count). The van der Waals surface area contributed by atoms with Gasteiger partial charge < -0.3 is 20.5 Å². The monoisotopic (exact) mass is 204 g/mol. The molecule has 0 heterocycles. The highest BCUT2D eigenvalue weighted by atomic mass is 16.5. The smallest absolute Gasteiger partial charge is 0.216 e. The lowest BCUT2D eigenvalue weighted by atomic mass is 10.2. The Morgan fingerprint density at radius 3 is 2.71 bits per heavy atom. The van der Waals surface area contributed by atoms with Gasteiger partial charge in [0.15, 0.2) is 0 Å². The Hall–Kier alpha value is -0.650. The van der Waals surface area contributed by atoms with E-state index in [-0.39, 0.29) is 18.6 Å². The second kappa shape index (κ2) is 8.93. The molecule has 1 atom stereocenters. The van der Waals surface area contributed by atoms with E-state index in [1.807, 2.05) is 0 Å². The van der Waals surface area contributed by atoms with Gasteiger partial charge >= 0.3 is 0 Å². The Morgan fingerprint density at radius 1 is 1.50 bits per heavy atom. The highest BCUT2D eigenvalue weighted by Gasteiger charge is 2.05. The minimum atomic E-state index is -0.0303. The summed E-state index contributed by atoms with van der Waals surface area (Å²) in [5.41, 5.74) is 0. The van der Waals surface area contributed by atoms with Crippen molar-refractivity contribution in [3.63, 3.8) is 0 Å². The minimum Gasteiger partial charge on any atom is -0.396 e. The number of methoxy groups -OCH3 is 1.